The predicted octanol–water partition coefficient (Wildman–Crippen LogP) is 1.94. The normalized spacial score (nSPS) is 14.2. The number of nitrogens with one attached hydrogen (secondary N) is 1. The monoisotopic (exact) mass is 233 g/mol. The van der Waals surface area contributed by atoms with Crippen LogP contribution in [0.15, 0.2) is 18.2 Å². The number of carbonyl (C=O) groups is 1. The van der Waals surface area contributed by atoms with Gasteiger partial charge in [-0.1, -0.05) is 6.07 Å². The van der Waals surface area contributed by atoms with E-state index in [4.69, 9.17) is 4.74 Å². The van der Waals surface area contributed by atoms with Crippen LogP contribution in [0, 0.1) is 0 Å². The quantitative estimate of drug-likeness (QED) is 0.807. The zero-order valence-electron chi connectivity index (χ0n) is 10.3. The molecule has 0 fully saturated rings. The lowest BCUT2D eigenvalue weighted by Crippen LogP contribution is -2.27. The Bertz CT molecular complexity index is 401. The molecule has 0 saturated carbocycles. The summed E-state index contributed by atoms with van der Waals surface area (Å²) in [6, 6.07) is 6.06. The van der Waals surface area contributed by atoms with E-state index in [0.29, 0.717) is 13.2 Å². The summed E-state index contributed by atoms with van der Waals surface area (Å²) < 4.78 is 4.90. The highest BCUT2D eigenvalue weighted by Gasteiger charge is 2.12. The topological polar surface area (TPSA) is 38.3 Å². The third-order valence-corrected chi connectivity index (χ3v) is 3.20. The van der Waals surface area contributed by atoms with Crippen molar-refractivity contribution in [1.82, 2.24) is 5.32 Å². The average Bonchev–Trinajstić information content (AvgIpc) is 2.38. The average molecular weight is 233 g/mol. The number of methoxy groups -OCH3 is 1. The Morgan fingerprint density at radius 1 is 1.29 bits per heavy atom. The fourth-order valence-electron chi connectivity index (χ4n) is 2.24. The maximum absolute atomic E-state index is 11.8. The second kappa shape index (κ2) is 5.82. The molecule has 17 heavy (non-hydrogen) atoms. The van der Waals surface area contributed by atoms with Crippen molar-refractivity contribution in [2.24, 2.45) is 0 Å². The Labute approximate surface area is 102 Å². The highest BCUT2D eigenvalue weighted by Crippen LogP contribution is 2.22. The van der Waals surface area contributed by atoms with Crippen LogP contribution in [0.3, 0.4) is 0 Å². The van der Waals surface area contributed by atoms with E-state index in [9.17, 15) is 4.79 Å². The molecule has 92 valence electrons. The molecular formula is C14H19NO2. The highest BCUT2D eigenvalue weighted by atomic mass is 16.5. The zero-order valence-corrected chi connectivity index (χ0v) is 10.3. The molecule has 1 aromatic rings. The van der Waals surface area contributed by atoms with Crippen molar-refractivity contribution in [2.45, 2.75) is 25.7 Å². The lowest BCUT2D eigenvalue weighted by Gasteiger charge is -2.16. The Kier molecular flexibility index (Phi) is 4.15. The molecule has 0 saturated heterocycles. The minimum atomic E-state index is -0.00424. The fraction of sp³-hybridized carbons (Fsp3) is 0.500. The van der Waals surface area contributed by atoms with E-state index in [1.165, 1.54) is 24.0 Å². The second-order valence-corrected chi connectivity index (χ2v) is 4.44. The maximum Gasteiger partial charge on any atom is 0.251 e. The third-order valence-electron chi connectivity index (χ3n) is 3.20. The highest BCUT2D eigenvalue weighted by molar-refractivity contribution is 5.94. The minimum absolute atomic E-state index is 0.00424. The molecular weight excluding hydrogens is 214 g/mol. The van der Waals surface area contributed by atoms with Crippen LogP contribution >= 0.6 is 0 Å². The van der Waals surface area contributed by atoms with Crippen LogP contribution in [0.4, 0.5) is 0 Å². The van der Waals surface area contributed by atoms with Crippen molar-refractivity contribution in [3.63, 3.8) is 0 Å². The van der Waals surface area contributed by atoms with Crippen LogP contribution in [0.5, 0.6) is 0 Å². The zero-order chi connectivity index (χ0) is 12.1. The Balaban J connectivity index is 2.03. The third kappa shape index (κ3) is 3.07. The summed E-state index contributed by atoms with van der Waals surface area (Å²) in [5.41, 5.74) is 3.52. The van der Waals surface area contributed by atoms with Gasteiger partial charge in [-0.3, -0.25) is 4.79 Å². The number of amides is 1. The largest absolute Gasteiger partial charge is 0.383 e. The summed E-state index contributed by atoms with van der Waals surface area (Å²) >= 11 is 0. The molecule has 0 heterocycles. The molecule has 1 aliphatic rings. The number of benzene rings is 1. The molecule has 0 spiro atoms. The minimum Gasteiger partial charge on any atom is -0.383 e. The first-order chi connectivity index (χ1) is 8.31. The van der Waals surface area contributed by atoms with Gasteiger partial charge >= 0.3 is 0 Å². The number of aryl methyl sites for hydroxylation is 2. The smallest absolute Gasteiger partial charge is 0.251 e. The van der Waals surface area contributed by atoms with Crippen LogP contribution in [0.25, 0.3) is 0 Å². The van der Waals surface area contributed by atoms with E-state index in [0.717, 1.165) is 18.4 Å². The number of carbonyl (C=O) groups excluding carboxylic acids is 1. The van der Waals surface area contributed by atoms with Crippen LogP contribution < -0.4 is 5.32 Å². The van der Waals surface area contributed by atoms with Crippen molar-refractivity contribution in [3.05, 3.63) is 34.9 Å². The van der Waals surface area contributed by atoms with Crippen molar-refractivity contribution in [3.8, 4) is 0 Å². The van der Waals surface area contributed by atoms with Gasteiger partial charge in [0.1, 0.15) is 0 Å². The van der Waals surface area contributed by atoms with Gasteiger partial charge in [0.2, 0.25) is 0 Å². The van der Waals surface area contributed by atoms with Gasteiger partial charge in [0, 0.05) is 19.2 Å². The number of hydrogen-bond donors (Lipinski definition) is 1. The Hall–Kier alpha value is -1.35. The van der Waals surface area contributed by atoms with Crippen LogP contribution in [0.1, 0.15) is 34.3 Å². The van der Waals surface area contributed by atoms with Gasteiger partial charge in [0.15, 0.2) is 0 Å². The first-order valence-corrected chi connectivity index (χ1v) is 6.20. The first-order valence-electron chi connectivity index (χ1n) is 6.20. The summed E-state index contributed by atoms with van der Waals surface area (Å²) in [5.74, 6) is -0.00424. The van der Waals surface area contributed by atoms with Crippen molar-refractivity contribution in [2.75, 3.05) is 20.3 Å². The summed E-state index contributed by atoms with van der Waals surface area (Å²) in [7, 11) is 1.63. The van der Waals surface area contributed by atoms with E-state index in [1.54, 1.807) is 7.11 Å². The van der Waals surface area contributed by atoms with Crippen molar-refractivity contribution >= 4 is 5.91 Å². The molecule has 1 aromatic carbocycles. The standard InChI is InChI=1S/C14H19NO2/c1-17-9-8-15-14(16)13-7-6-11-4-2-3-5-12(11)10-13/h6-7,10H,2-5,8-9H2,1H3,(H,15,16). The number of rotatable bonds is 4. The molecule has 1 aliphatic carbocycles. The van der Waals surface area contributed by atoms with Crippen LogP contribution in [-0.2, 0) is 17.6 Å². The molecule has 0 aromatic heterocycles. The van der Waals surface area contributed by atoms with Crippen LogP contribution in [-0.4, -0.2) is 26.2 Å². The van der Waals surface area contributed by atoms with Gasteiger partial charge in [-0.05, 0) is 48.9 Å². The molecule has 2 rings (SSSR count). The van der Waals surface area contributed by atoms with Gasteiger partial charge in [0.25, 0.3) is 5.91 Å². The molecule has 1 N–H and O–H groups in total. The molecule has 0 unspecified atom stereocenters. The number of fused-ring (bicyclic) bond motifs is 1. The van der Waals surface area contributed by atoms with E-state index >= 15 is 0 Å². The first kappa shape index (κ1) is 12.1. The molecule has 0 bridgehead atoms. The molecule has 1 amide bonds. The van der Waals surface area contributed by atoms with E-state index in [1.807, 2.05) is 12.1 Å². The van der Waals surface area contributed by atoms with Crippen LogP contribution in [0.2, 0.25) is 0 Å². The maximum atomic E-state index is 11.8. The molecule has 0 radical (unpaired) electrons. The van der Waals surface area contributed by atoms with Gasteiger partial charge in [-0.2, -0.15) is 0 Å². The molecule has 0 atom stereocenters. The van der Waals surface area contributed by atoms with Gasteiger partial charge in [-0.25, -0.2) is 0 Å². The van der Waals surface area contributed by atoms with Gasteiger partial charge < -0.3 is 10.1 Å². The van der Waals surface area contributed by atoms with E-state index in [-0.39, 0.29) is 5.91 Å². The second-order valence-electron chi connectivity index (χ2n) is 4.44. The lowest BCUT2D eigenvalue weighted by atomic mass is 9.90. The molecule has 0 aliphatic heterocycles. The number of hydrogen-bond acceptors (Lipinski definition) is 2. The lowest BCUT2D eigenvalue weighted by molar-refractivity contribution is 0.0937. The summed E-state index contributed by atoms with van der Waals surface area (Å²) in [6.07, 6.45) is 4.77. The predicted molar refractivity (Wildman–Crippen MR) is 67.3 cm³/mol. The number of ether oxygens (including phenoxy) is 1. The summed E-state index contributed by atoms with van der Waals surface area (Å²) in [4.78, 5) is 11.8. The van der Waals surface area contributed by atoms with Crippen molar-refractivity contribution < 1.29 is 9.53 Å². The van der Waals surface area contributed by atoms with E-state index < -0.39 is 0 Å². The Morgan fingerprint density at radius 2 is 2.06 bits per heavy atom. The summed E-state index contributed by atoms with van der Waals surface area (Å²) in [5, 5.41) is 2.84. The SMILES string of the molecule is COCCNC(=O)c1ccc2c(c1)CCCC2. The van der Waals surface area contributed by atoms with Crippen molar-refractivity contribution in [1.29, 1.82) is 0 Å². The Morgan fingerprint density at radius 3 is 2.82 bits per heavy atom. The molecule has 3 nitrogen and oxygen atoms in total. The van der Waals surface area contributed by atoms with E-state index in [2.05, 4.69) is 11.4 Å². The molecule has 3 heteroatoms. The fourth-order valence-corrected chi connectivity index (χ4v) is 2.24. The van der Waals surface area contributed by atoms with Gasteiger partial charge in [0.05, 0.1) is 6.61 Å². The summed E-state index contributed by atoms with van der Waals surface area (Å²) in [6.45, 7) is 1.11. The van der Waals surface area contributed by atoms with Gasteiger partial charge in [-0.15, -0.1) is 0 Å².